The van der Waals surface area contributed by atoms with Crippen molar-refractivity contribution < 1.29 is 9.53 Å². The van der Waals surface area contributed by atoms with Crippen LogP contribution < -0.4 is 10.5 Å². The fourth-order valence-electron chi connectivity index (χ4n) is 3.04. The highest BCUT2D eigenvalue weighted by Gasteiger charge is 2.32. The van der Waals surface area contributed by atoms with Crippen molar-refractivity contribution in [1.82, 2.24) is 14.7 Å². The Labute approximate surface area is 142 Å². The van der Waals surface area contributed by atoms with E-state index < -0.39 is 0 Å². The van der Waals surface area contributed by atoms with Gasteiger partial charge in [0.15, 0.2) is 0 Å². The normalized spacial score (nSPS) is 14.5. The Bertz CT molecular complexity index is 720. The van der Waals surface area contributed by atoms with Gasteiger partial charge in [0.25, 0.3) is 0 Å². The maximum atomic E-state index is 12.4. The van der Waals surface area contributed by atoms with Crippen molar-refractivity contribution in [3.63, 3.8) is 0 Å². The maximum Gasteiger partial charge on any atom is 0.227 e. The van der Waals surface area contributed by atoms with Crippen LogP contribution in [-0.2, 0) is 11.2 Å². The van der Waals surface area contributed by atoms with Gasteiger partial charge in [0.2, 0.25) is 5.91 Å². The van der Waals surface area contributed by atoms with Gasteiger partial charge in [-0.05, 0) is 37.6 Å². The van der Waals surface area contributed by atoms with Crippen LogP contribution in [0.3, 0.4) is 0 Å². The Balaban J connectivity index is 1.54. The summed E-state index contributed by atoms with van der Waals surface area (Å²) in [5.74, 6) is 0.902. The van der Waals surface area contributed by atoms with Gasteiger partial charge >= 0.3 is 0 Å². The molecule has 1 aliphatic heterocycles. The second kappa shape index (κ2) is 7.05. The summed E-state index contributed by atoms with van der Waals surface area (Å²) in [6.07, 6.45) is 0.393. The van der Waals surface area contributed by atoms with Crippen LogP contribution in [0.4, 0.5) is 0 Å². The fourth-order valence-corrected chi connectivity index (χ4v) is 3.04. The van der Waals surface area contributed by atoms with Crippen LogP contribution in [0.5, 0.6) is 5.75 Å². The number of aromatic nitrogens is 2. The Morgan fingerprint density at radius 2 is 2.12 bits per heavy atom. The molecule has 3 rings (SSSR count). The first-order valence-corrected chi connectivity index (χ1v) is 8.29. The van der Waals surface area contributed by atoms with Crippen molar-refractivity contribution in [3.05, 3.63) is 47.3 Å². The topological polar surface area (TPSA) is 73.4 Å². The van der Waals surface area contributed by atoms with E-state index in [2.05, 4.69) is 18.1 Å². The van der Waals surface area contributed by atoms with Crippen molar-refractivity contribution in [3.8, 4) is 5.75 Å². The first-order valence-electron chi connectivity index (χ1n) is 8.29. The predicted molar refractivity (Wildman–Crippen MR) is 92.0 cm³/mol. The van der Waals surface area contributed by atoms with Crippen LogP contribution in [0.2, 0.25) is 0 Å². The minimum absolute atomic E-state index is 0.142. The molecular formula is C18H24N4O2. The summed E-state index contributed by atoms with van der Waals surface area (Å²) >= 11 is 0. The average Bonchev–Trinajstić information content (AvgIpc) is 2.82. The zero-order chi connectivity index (χ0) is 17.1. The van der Waals surface area contributed by atoms with Gasteiger partial charge in [-0.25, -0.2) is 0 Å². The number of amides is 1. The van der Waals surface area contributed by atoms with E-state index in [4.69, 9.17) is 10.5 Å². The summed E-state index contributed by atoms with van der Waals surface area (Å²) in [4.78, 5) is 14.3. The molecule has 6 nitrogen and oxygen atoms in total. The van der Waals surface area contributed by atoms with Crippen LogP contribution in [-0.4, -0.2) is 46.8 Å². The van der Waals surface area contributed by atoms with Crippen molar-refractivity contribution >= 4 is 5.91 Å². The molecule has 2 heterocycles. The van der Waals surface area contributed by atoms with E-state index >= 15 is 0 Å². The van der Waals surface area contributed by atoms with E-state index in [-0.39, 0.29) is 5.91 Å². The molecule has 1 aromatic carbocycles. The molecule has 1 fully saturated rings. The molecule has 0 atom stereocenters. The number of ether oxygens (including phenoxy) is 1. The number of carbonyl (C=O) groups is 1. The fraction of sp³-hybridized carbons (Fsp3) is 0.444. The molecule has 0 radical (unpaired) electrons. The number of rotatable bonds is 6. The molecule has 0 aliphatic carbocycles. The highest BCUT2D eigenvalue weighted by molar-refractivity contribution is 5.79. The highest BCUT2D eigenvalue weighted by Crippen LogP contribution is 2.24. The molecule has 1 amide bonds. The molecule has 1 aliphatic rings. The third kappa shape index (κ3) is 3.59. The number of likely N-dealkylation sites (tertiary alicyclic amines) is 1. The highest BCUT2D eigenvalue weighted by atomic mass is 16.5. The van der Waals surface area contributed by atoms with Crippen molar-refractivity contribution in [2.24, 2.45) is 5.73 Å². The summed E-state index contributed by atoms with van der Waals surface area (Å²) in [7, 11) is 0. The number of nitrogens with zero attached hydrogens (tertiary/aromatic N) is 3. The Kier molecular flexibility index (Phi) is 4.85. The van der Waals surface area contributed by atoms with Gasteiger partial charge < -0.3 is 15.4 Å². The SMILES string of the molecule is Cc1cc(C)n(C2CN(C(=O)Cc3cccc(OCCN)c3)C2)n1. The second-order valence-corrected chi connectivity index (χ2v) is 6.29. The molecule has 1 aromatic heterocycles. The first-order chi connectivity index (χ1) is 11.6. The summed E-state index contributed by atoms with van der Waals surface area (Å²) in [6.45, 7) is 6.45. The number of carbonyl (C=O) groups excluding carboxylic acids is 1. The number of nitrogens with two attached hydrogens (primary N) is 1. The van der Waals surface area contributed by atoms with Crippen LogP contribution in [0.25, 0.3) is 0 Å². The summed E-state index contributed by atoms with van der Waals surface area (Å²) in [5, 5.41) is 4.50. The lowest BCUT2D eigenvalue weighted by Gasteiger charge is -2.39. The van der Waals surface area contributed by atoms with Crippen molar-refractivity contribution in [2.45, 2.75) is 26.3 Å². The molecule has 6 heteroatoms. The van der Waals surface area contributed by atoms with Crippen molar-refractivity contribution in [2.75, 3.05) is 26.2 Å². The minimum atomic E-state index is 0.142. The first kappa shape index (κ1) is 16.5. The van der Waals surface area contributed by atoms with Gasteiger partial charge in [0.05, 0.1) is 18.2 Å². The number of benzene rings is 1. The van der Waals surface area contributed by atoms with E-state index in [1.807, 2.05) is 40.8 Å². The number of aryl methyl sites for hydroxylation is 2. The third-order valence-corrected chi connectivity index (χ3v) is 4.25. The van der Waals surface area contributed by atoms with Crippen LogP contribution >= 0.6 is 0 Å². The second-order valence-electron chi connectivity index (χ2n) is 6.29. The lowest BCUT2D eigenvalue weighted by Crippen LogP contribution is -2.51. The summed E-state index contributed by atoms with van der Waals surface area (Å²) < 4.78 is 7.54. The van der Waals surface area contributed by atoms with Gasteiger partial charge in [-0.2, -0.15) is 5.10 Å². The van der Waals surface area contributed by atoms with E-state index in [9.17, 15) is 4.79 Å². The van der Waals surface area contributed by atoms with Crippen LogP contribution in [0.1, 0.15) is 23.0 Å². The smallest absolute Gasteiger partial charge is 0.227 e. The van der Waals surface area contributed by atoms with Crippen molar-refractivity contribution in [1.29, 1.82) is 0 Å². The lowest BCUT2D eigenvalue weighted by molar-refractivity contribution is -0.136. The lowest BCUT2D eigenvalue weighted by atomic mass is 10.1. The van der Waals surface area contributed by atoms with Gasteiger partial charge in [0.1, 0.15) is 12.4 Å². The number of hydrogen-bond acceptors (Lipinski definition) is 4. The summed E-state index contributed by atoms with van der Waals surface area (Å²) in [5.41, 5.74) is 8.57. The zero-order valence-corrected chi connectivity index (χ0v) is 14.2. The molecule has 2 N–H and O–H groups in total. The maximum absolute atomic E-state index is 12.4. The van der Waals surface area contributed by atoms with E-state index in [1.54, 1.807) is 0 Å². The Morgan fingerprint density at radius 3 is 2.79 bits per heavy atom. The number of hydrogen-bond donors (Lipinski definition) is 1. The monoisotopic (exact) mass is 328 g/mol. The van der Waals surface area contributed by atoms with Crippen LogP contribution in [0.15, 0.2) is 30.3 Å². The molecule has 0 spiro atoms. The zero-order valence-electron chi connectivity index (χ0n) is 14.2. The summed E-state index contributed by atoms with van der Waals surface area (Å²) in [6, 6.07) is 10.0. The molecule has 0 bridgehead atoms. The molecular weight excluding hydrogens is 304 g/mol. The van der Waals surface area contributed by atoms with Gasteiger partial charge in [-0.1, -0.05) is 12.1 Å². The quantitative estimate of drug-likeness (QED) is 0.871. The van der Waals surface area contributed by atoms with Gasteiger partial charge in [-0.3, -0.25) is 9.48 Å². The Hall–Kier alpha value is -2.34. The minimum Gasteiger partial charge on any atom is -0.492 e. The van der Waals surface area contributed by atoms with E-state index in [0.29, 0.717) is 25.6 Å². The van der Waals surface area contributed by atoms with E-state index in [1.165, 1.54) is 0 Å². The standard InChI is InChI=1S/C18H24N4O2/c1-13-8-14(2)22(20-13)16-11-21(12-16)18(23)10-15-4-3-5-17(9-15)24-7-6-19/h3-5,8-9,16H,6-7,10-12,19H2,1-2H3. The molecule has 0 saturated carbocycles. The molecule has 1 saturated heterocycles. The molecule has 24 heavy (non-hydrogen) atoms. The largest absolute Gasteiger partial charge is 0.492 e. The predicted octanol–water partition coefficient (Wildman–Crippen LogP) is 1.46. The molecule has 128 valence electrons. The van der Waals surface area contributed by atoms with Gasteiger partial charge in [-0.15, -0.1) is 0 Å². The third-order valence-electron chi connectivity index (χ3n) is 4.25. The molecule has 0 unspecified atom stereocenters. The van der Waals surface area contributed by atoms with E-state index in [0.717, 1.165) is 35.8 Å². The molecule has 2 aromatic rings. The Morgan fingerprint density at radius 1 is 1.33 bits per heavy atom. The van der Waals surface area contributed by atoms with Gasteiger partial charge in [0, 0.05) is 25.3 Å². The van der Waals surface area contributed by atoms with Crippen LogP contribution in [0, 0.1) is 13.8 Å². The average molecular weight is 328 g/mol.